The number of anilines is 2. The summed E-state index contributed by atoms with van der Waals surface area (Å²) in [7, 11) is 3.94. The molecular formula is C29H40N6O. The Labute approximate surface area is 215 Å². The number of nitrogens with zero attached hydrogens (tertiary/aromatic N) is 5. The molecule has 0 aliphatic carbocycles. The van der Waals surface area contributed by atoms with Gasteiger partial charge in [-0.25, -0.2) is 4.98 Å². The maximum absolute atomic E-state index is 5.71. The zero-order valence-electron chi connectivity index (χ0n) is 22.0. The highest BCUT2D eigenvalue weighted by Gasteiger charge is 2.23. The van der Waals surface area contributed by atoms with Crippen molar-refractivity contribution >= 4 is 22.7 Å². The first kappa shape index (κ1) is 24.8. The van der Waals surface area contributed by atoms with E-state index in [1.54, 1.807) is 7.11 Å². The maximum Gasteiger partial charge on any atom is 0.227 e. The van der Waals surface area contributed by atoms with E-state index in [0.717, 1.165) is 99.9 Å². The molecule has 192 valence electrons. The molecule has 0 bridgehead atoms. The van der Waals surface area contributed by atoms with Crippen LogP contribution in [0.5, 0.6) is 5.75 Å². The molecule has 7 heteroatoms. The van der Waals surface area contributed by atoms with Crippen LogP contribution in [0.1, 0.15) is 37.3 Å². The SMILES string of the molecule is CCc1cc2c(NC3CCN(Cc4ccccc4)CC3)nc(N3CCCN(C)CC3)nc2cc1OC. The predicted octanol–water partition coefficient (Wildman–Crippen LogP) is 4.42. The van der Waals surface area contributed by atoms with Crippen molar-refractivity contribution in [2.45, 2.75) is 45.2 Å². The summed E-state index contributed by atoms with van der Waals surface area (Å²) >= 11 is 0. The first-order chi connectivity index (χ1) is 17.6. The van der Waals surface area contributed by atoms with Crippen molar-refractivity contribution < 1.29 is 4.74 Å². The summed E-state index contributed by atoms with van der Waals surface area (Å²) in [5, 5.41) is 4.94. The standard InChI is InChI=1S/C29H40N6O/c1-4-23-19-25-26(20-27(23)36-3)31-29(35-14-8-13-33(2)17-18-35)32-28(25)30-24-11-15-34(16-12-24)21-22-9-6-5-7-10-22/h5-7,9-10,19-20,24H,4,8,11-18,21H2,1-3H3,(H,30,31,32). The van der Waals surface area contributed by atoms with Crippen molar-refractivity contribution in [2.24, 2.45) is 0 Å². The van der Waals surface area contributed by atoms with E-state index < -0.39 is 0 Å². The quantitative estimate of drug-likeness (QED) is 0.528. The maximum atomic E-state index is 5.71. The van der Waals surface area contributed by atoms with E-state index in [1.165, 1.54) is 11.1 Å². The van der Waals surface area contributed by atoms with Crippen LogP contribution in [0.3, 0.4) is 0 Å². The van der Waals surface area contributed by atoms with E-state index in [0.29, 0.717) is 6.04 Å². The molecule has 3 aromatic rings. The monoisotopic (exact) mass is 488 g/mol. The van der Waals surface area contributed by atoms with Crippen molar-refractivity contribution in [1.82, 2.24) is 19.8 Å². The minimum atomic E-state index is 0.408. The molecule has 0 amide bonds. The molecule has 0 radical (unpaired) electrons. The largest absolute Gasteiger partial charge is 0.496 e. The van der Waals surface area contributed by atoms with Crippen molar-refractivity contribution in [1.29, 1.82) is 0 Å². The summed E-state index contributed by atoms with van der Waals surface area (Å²) < 4.78 is 5.71. The second kappa shape index (κ2) is 11.4. The van der Waals surface area contributed by atoms with Crippen LogP contribution in [-0.2, 0) is 13.0 Å². The van der Waals surface area contributed by atoms with Gasteiger partial charge < -0.3 is 19.9 Å². The van der Waals surface area contributed by atoms with Gasteiger partial charge in [0.1, 0.15) is 11.6 Å². The van der Waals surface area contributed by atoms with Crippen LogP contribution in [0.15, 0.2) is 42.5 Å². The van der Waals surface area contributed by atoms with Crippen molar-refractivity contribution in [3.63, 3.8) is 0 Å². The molecular weight excluding hydrogens is 448 g/mol. The van der Waals surface area contributed by atoms with Gasteiger partial charge in [0.15, 0.2) is 0 Å². The van der Waals surface area contributed by atoms with E-state index in [9.17, 15) is 0 Å². The third kappa shape index (κ3) is 5.73. The van der Waals surface area contributed by atoms with E-state index in [-0.39, 0.29) is 0 Å². The minimum Gasteiger partial charge on any atom is -0.496 e. The number of aromatic nitrogens is 2. The number of likely N-dealkylation sites (tertiary alicyclic amines) is 1. The predicted molar refractivity (Wildman–Crippen MR) is 148 cm³/mol. The first-order valence-corrected chi connectivity index (χ1v) is 13.5. The number of hydrogen-bond donors (Lipinski definition) is 1. The summed E-state index contributed by atoms with van der Waals surface area (Å²) in [6, 6.07) is 15.5. The van der Waals surface area contributed by atoms with Gasteiger partial charge in [-0.2, -0.15) is 4.98 Å². The highest BCUT2D eigenvalue weighted by molar-refractivity contribution is 5.92. The Bertz CT molecular complexity index is 1150. The van der Waals surface area contributed by atoms with Gasteiger partial charge in [-0.15, -0.1) is 0 Å². The lowest BCUT2D eigenvalue weighted by Gasteiger charge is -2.33. The van der Waals surface area contributed by atoms with Gasteiger partial charge in [0.05, 0.1) is 12.6 Å². The Morgan fingerprint density at radius 2 is 1.78 bits per heavy atom. The van der Waals surface area contributed by atoms with E-state index in [4.69, 9.17) is 14.7 Å². The Hall–Kier alpha value is -2.90. The van der Waals surface area contributed by atoms with Crippen LogP contribution in [0.4, 0.5) is 11.8 Å². The first-order valence-electron chi connectivity index (χ1n) is 13.5. The molecule has 1 aromatic heterocycles. The van der Waals surface area contributed by atoms with Gasteiger partial charge in [0.25, 0.3) is 0 Å². The van der Waals surface area contributed by atoms with Crippen molar-refractivity contribution in [3.05, 3.63) is 53.6 Å². The van der Waals surface area contributed by atoms with Crippen molar-refractivity contribution in [3.8, 4) is 5.75 Å². The molecule has 2 aromatic carbocycles. The lowest BCUT2D eigenvalue weighted by atomic mass is 10.0. The van der Waals surface area contributed by atoms with Crippen molar-refractivity contribution in [2.75, 3.05) is 63.6 Å². The van der Waals surface area contributed by atoms with Gasteiger partial charge in [-0.1, -0.05) is 37.3 Å². The Balaban J connectivity index is 1.38. The Kier molecular flexibility index (Phi) is 7.87. The second-order valence-corrected chi connectivity index (χ2v) is 10.2. The number of aryl methyl sites for hydroxylation is 1. The summed E-state index contributed by atoms with van der Waals surface area (Å²) in [4.78, 5) is 17.5. The lowest BCUT2D eigenvalue weighted by Crippen LogP contribution is -2.39. The highest BCUT2D eigenvalue weighted by Crippen LogP contribution is 2.32. The number of ether oxygens (including phenoxy) is 1. The fourth-order valence-electron chi connectivity index (χ4n) is 5.42. The summed E-state index contributed by atoms with van der Waals surface area (Å²) in [6.45, 7) is 9.46. The van der Waals surface area contributed by atoms with Crippen LogP contribution in [0.25, 0.3) is 10.9 Å². The number of rotatable bonds is 7. The van der Waals surface area contributed by atoms with E-state index in [1.807, 2.05) is 0 Å². The fourth-order valence-corrected chi connectivity index (χ4v) is 5.42. The van der Waals surface area contributed by atoms with Crippen LogP contribution in [0, 0.1) is 0 Å². The highest BCUT2D eigenvalue weighted by atomic mass is 16.5. The number of methoxy groups -OCH3 is 1. The van der Waals surface area contributed by atoms with Crippen LogP contribution >= 0.6 is 0 Å². The normalized spacial score (nSPS) is 18.4. The van der Waals surface area contributed by atoms with Gasteiger partial charge in [0.2, 0.25) is 5.95 Å². The van der Waals surface area contributed by atoms with Crippen LogP contribution < -0.4 is 15.0 Å². The summed E-state index contributed by atoms with van der Waals surface area (Å²) in [5.74, 6) is 2.70. The van der Waals surface area contributed by atoms with Gasteiger partial charge >= 0.3 is 0 Å². The number of fused-ring (bicyclic) bond motifs is 1. The Morgan fingerprint density at radius 1 is 0.972 bits per heavy atom. The van der Waals surface area contributed by atoms with Gasteiger partial charge in [-0.3, -0.25) is 4.90 Å². The van der Waals surface area contributed by atoms with E-state index in [2.05, 4.69) is 76.5 Å². The average Bonchev–Trinajstić information content (AvgIpc) is 3.14. The Morgan fingerprint density at radius 3 is 2.53 bits per heavy atom. The van der Waals surface area contributed by atoms with Crippen LogP contribution in [0.2, 0.25) is 0 Å². The average molecular weight is 489 g/mol. The smallest absolute Gasteiger partial charge is 0.227 e. The zero-order chi connectivity index (χ0) is 24.9. The molecule has 0 unspecified atom stereocenters. The molecule has 0 spiro atoms. The van der Waals surface area contributed by atoms with E-state index >= 15 is 0 Å². The summed E-state index contributed by atoms with van der Waals surface area (Å²) in [5.41, 5.74) is 3.54. The second-order valence-electron chi connectivity index (χ2n) is 10.2. The molecule has 0 saturated carbocycles. The molecule has 2 saturated heterocycles. The zero-order valence-corrected chi connectivity index (χ0v) is 22.0. The number of likely N-dealkylation sites (N-methyl/N-ethyl adjacent to an activating group) is 1. The molecule has 36 heavy (non-hydrogen) atoms. The van der Waals surface area contributed by atoms with Gasteiger partial charge in [-0.05, 0) is 56.5 Å². The summed E-state index contributed by atoms with van der Waals surface area (Å²) in [6.07, 6.45) is 4.26. The third-order valence-corrected chi connectivity index (χ3v) is 7.65. The topological polar surface area (TPSA) is 56.8 Å². The molecule has 2 fully saturated rings. The van der Waals surface area contributed by atoms with Crippen LogP contribution in [-0.4, -0.2) is 79.2 Å². The number of piperidine rings is 1. The molecule has 7 nitrogen and oxygen atoms in total. The lowest BCUT2D eigenvalue weighted by molar-refractivity contribution is 0.211. The number of hydrogen-bond acceptors (Lipinski definition) is 7. The van der Waals surface area contributed by atoms with Gasteiger partial charge in [0, 0.05) is 56.8 Å². The molecule has 2 aliphatic rings. The fraction of sp³-hybridized carbons (Fsp3) is 0.517. The molecule has 5 rings (SSSR count). The molecule has 1 N–H and O–H groups in total. The number of nitrogens with one attached hydrogen (secondary N) is 1. The molecule has 2 aliphatic heterocycles. The number of benzene rings is 2. The third-order valence-electron chi connectivity index (χ3n) is 7.65. The molecule has 3 heterocycles. The minimum absolute atomic E-state index is 0.408. The molecule has 0 atom stereocenters.